The molecule has 0 aromatic heterocycles. The number of hydrogen-bond donors (Lipinski definition) is 0. The Hall–Kier alpha value is -2.82. The summed E-state index contributed by atoms with van der Waals surface area (Å²) in [5.41, 5.74) is 0.660. The summed E-state index contributed by atoms with van der Waals surface area (Å²) in [6.07, 6.45) is 2.19. The Morgan fingerprint density at radius 2 is 1.81 bits per heavy atom. The van der Waals surface area contributed by atoms with Gasteiger partial charge in [-0.1, -0.05) is 18.2 Å². The highest BCUT2D eigenvalue weighted by atomic mass is 32.2. The molecule has 0 aliphatic carbocycles. The van der Waals surface area contributed by atoms with Crippen molar-refractivity contribution in [3.05, 3.63) is 59.0 Å². The first kappa shape index (κ1) is 23.8. The van der Waals surface area contributed by atoms with Gasteiger partial charge in [-0.15, -0.1) is 4.40 Å². The van der Waals surface area contributed by atoms with Gasteiger partial charge in [-0.3, -0.25) is 9.69 Å². The van der Waals surface area contributed by atoms with Crippen LogP contribution in [0.15, 0.2) is 62.7 Å². The van der Waals surface area contributed by atoms with E-state index in [4.69, 9.17) is 14.2 Å². The molecule has 1 saturated heterocycles. The number of thioether (sulfide) groups is 1. The van der Waals surface area contributed by atoms with Crippen LogP contribution in [0.5, 0.6) is 11.5 Å². The van der Waals surface area contributed by atoms with E-state index >= 15 is 0 Å². The zero-order valence-corrected chi connectivity index (χ0v) is 19.6. The van der Waals surface area contributed by atoms with E-state index in [-0.39, 0.29) is 22.5 Å². The topological polar surface area (TPSA) is 94.5 Å². The highest BCUT2D eigenvalue weighted by Crippen LogP contribution is 2.36. The van der Waals surface area contributed by atoms with Gasteiger partial charge in [0.2, 0.25) is 0 Å². The van der Waals surface area contributed by atoms with Crippen molar-refractivity contribution in [2.24, 2.45) is 4.40 Å². The average molecular weight is 477 g/mol. The number of ether oxygens (including phenoxy) is 3. The molecule has 0 spiro atoms. The maximum absolute atomic E-state index is 13.1. The van der Waals surface area contributed by atoms with Crippen molar-refractivity contribution in [1.82, 2.24) is 4.90 Å². The first-order valence-corrected chi connectivity index (χ1v) is 12.0. The molecular weight excluding hydrogens is 452 g/mol. The molecule has 170 valence electrons. The number of amides is 1. The van der Waals surface area contributed by atoms with Crippen LogP contribution >= 0.6 is 11.8 Å². The van der Waals surface area contributed by atoms with E-state index < -0.39 is 10.0 Å². The molecule has 0 radical (unpaired) electrons. The molecule has 3 rings (SSSR count). The monoisotopic (exact) mass is 476 g/mol. The van der Waals surface area contributed by atoms with E-state index in [1.807, 2.05) is 0 Å². The molecule has 1 heterocycles. The third-order valence-electron chi connectivity index (χ3n) is 4.58. The number of methoxy groups -OCH3 is 3. The van der Waals surface area contributed by atoms with Gasteiger partial charge < -0.3 is 14.2 Å². The van der Waals surface area contributed by atoms with E-state index in [2.05, 4.69) is 4.40 Å². The van der Waals surface area contributed by atoms with E-state index in [0.29, 0.717) is 35.0 Å². The van der Waals surface area contributed by atoms with Crippen LogP contribution in [0.1, 0.15) is 12.0 Å². The fourth-order valence-electron chi connectivity index (χ4n) is 2.97. The molecule has 8 nitrogen and oxygen atoms in total. The van der Waals surface area contributed by atoms with Crippen LogP contribution in [0.3, 0.4) is 0 Å². The van der Waals surface area contributed by atoms with Crippen LogP contribution in [-0.2, 0) is 19.6 Å². The molecule has 10 heteroatoms. The summed E-state index contributed by atoms with van der Waals surface area (Å²) in [4.78, 5) is 14.9. The second-order valence-corrected chi connectivity index (χ2v) is 9.30. The van der Waals surface area contributed by atoms with Gasteiger partial charge in [0.25, 0.3) is 15.9 Å². The maximum atomic E-state index is 13.1. The standard InChI is InChI=1S/C22H24N2O6S2/c1-28-13-7-12-24-21(25)20(14-16-10-11-17(29-2)15-19(16)30-3)31-22(24)23-32(26,27)18-8-5-4-6-9-18/h4-6,8-11,14-15H,7,12-13H2,1-3H3/b20-14-,23-22+. The first-order valence-electron chi connectivity index (χ1n) is 9.72. The Morgan fingerprint density at radius 1 is 1.06 bits per heavy atom. The number of carbonyl (C=O) groups excluding carboxylic acids is 1. The van der Waals surface area contributed by atoms with Gasteiger partial charge in [-0.2, -0.15) is 8.42 Å². The Kier molecular flexibility index (Phi) is 7.94. The molecule has 1 fully saturated rings. The number of nitrogens with zero attached hydrogens (tertiary/aromatic N) is 2. The number of carbonyl (C=O) groups is 1. The van der Waals surface area contributed by atoms with Gasteiger partial charge in [0.05, 0.1) is 24.0 Å². The lowest BCUT2D eigenvalue weighted by molar-refractivity contribution is -0.122. The molecule has 0 saturated carbocycles. The fourth-order valence-corrected chi connectivity index (χ4v) is 5.19. The Morgan fingerprint density at radius 3 is 2.47 bits per heavy atom. The van der Waals surface area contributed by atoms with Gasteiger partial charge >= 0.3 is 0 Å². The van der Waals surface area contributed by atoms with Crippen molar-refractivity contribution in [2.45, 2.75) is 11.3 Å². The lowest BCUT2D eigenvalue weighted by Gasteiger charge is -2.15. The van der Waals surface area contributed by atoms with Crippen LogP contribution in [0, 0.1) is 0 Å². The van der Waals surface area contributed by atoms with Crippen LogP contribution in [0.4, 0.5) is 0 Å². The first-order chi connectivity index (χ1) is 15.4. The maximum Gasteiger partial charge on any atom is 0.284 e. The van der Waals surface area contributed by atoms with Crippen LogP contribution in [0.25, 0.3) is 6.08 Å². The summed E-state index contributed by atoms with van der Waals surface area (Å²) in [6, 6.07) is 13.1. The molecule has 1 amide bonds. The zero-order valence-electron chi connectivity index (χ0n) is 18.0. The van der Waals surface area contributed by atoms with Crippen LogP contribution in [0.2, 0.25) is 0 Å². The lowest BCUT2D eigenvalue weighted by atomic mass is 10.1. The molecule has 0 atom stereocenters. The van der Waals surface area contributed by atoms with Crippen molar-refractivity contribution in [3.63, 3.8) is 0 Å². The summed E-state index contributed by atoms with van der Waals surface area (Å²) in [6.45, 7) is 0.707. The molecule has 0 bridgehead atoms. The minimum absolute atomic E-state index is 0.0617. The van der Waals surface area contributed by atoms with E-state index in [1.165, 1.54) is 24.1 Å². The number of hydrogen-bond acceptors (Lipinski definition) is 7. The molecule has 0 N–H and O–H groups in total. The normalized spacial score (nSPS) is 16.7. The minimum Gasteiger partial charge on any atom is -0.497 e. The predicted molar refractivity (Wildman–Crippen MR) is 124 cm³/mol. The van der Waals surface area contributed by atoms with Crippen molar-refractivity contribution < 1.29 is 27.4 Å². The van der Waals surface area contributed by atoms with E-state index in [9.17, 15) is 13.2 Å². The van der Waals surface area contributed by atoms with Crippen LogP contribution in [-0.4, -0.2) is 58.9 Å². The fraction of sp³-hybridized carbons (Fsp3) is 0.273. The van der Waals surface area contributed by atoms with Gasteiger partial charge in [-0.25, -0.2) is 0 Å². The van der Waals surface area contributed by atoms with Crippen LogP contribution < -0.4 is 9.47 Å². The molecule has 32 heavy (non-hydrogen) atoms. The number of sulfonamides is 1. The summed E-state index contributed by atoms with van der Waals surface area (Å²) >= 11 is 1.01. The third kappa shape index (κ3) is 5.50. The third-order valence-corrected chi connectivity index (χ3v) is 6.99. The van der Waals surface area contributed by atoms with Crippen molar-refractivity contribution in [3.8, 4) is 11.5 Å². The lowest BCUT2D eigenvalue weighted by Crippen LogP contribution is -2.31. The van der Waals surface area contributed by atoms with E-state index in [1.54, 1.807) is 56.7 Å². The van der Waals surface area contributed by atoms with Gasteiger partial charge in [-0.05, 0) is 48.5 Å². The Balaban J connectivity index is 1.99. The number of benzene rings is 2. The van der Waals surface area contributed by atoms with Gasteiger partial charge in [0.15, 0.2) is 5.17 Å². The molecular formula is C22H24N2O6S2. The van der Waals surface area contributed by atoms with Gasteiger partial charge in [0, 0.05) is 31.9 Å². The average Bonchev–Trinajstić information content (AvgIpc) is 3.08. The van der Waals surface area contributed by atoms with E-state index in [0.717, 1.165) is 11.8 Å². The highest BCUT2D eigenvalue weighted by molar-refractivity contribution is 8.19. The summed E-state index contributed by atoms with van der Waals surface area (Å²) in [5.74, 6) is 0.816. The molecule has 0 unspecified atom stereocenters. The largest absolute Gasteiger partial charge is 0.497 e. The van der Waals surface area contributed by atoms with Gasteiger partial charge in [0.1, 0.15) is 11.5 Å². The predicted octanol–water partition coefficient (Wildman–Crippen LogP) is 3.40. The highest BCUT2D eigenvalue weighted by Gasteiger charge is 2.35. The Labute approximate surface area is 191 Å². The SMILES string of the molecule is COCCCN1C(=O)/C(=C/c2ccc(OC)cc2OC)S/C1=N/S(=O)(=O)c1ccccc1. The smallest absolute Gasteiger partial charge is 0.284 e. The number of amidine groups is 1. The molecule has 1 aliphatic rings. The summed E-state index contributed by atoms with van der Waals surface area (Å²) in [7, 11) is 0.668. The zero-order chi connectivity index (χ0) is 23.1. The summed E-state index contributed by atoms with van der Waals surface area (Å²) in [5, 5.41) is 0.105. The molecule has 2 aromatic carbocycles. The van der Waals surface area contributed by atoms with Crippen molar-refractivity contribution >= 4 is 38.9 Å². The molecule has 1 aliphatic heterocycles. The second-order valence-electron chi connectivity index (χ2n) is 6.68. The summed E-state index contributed by atoms with van der Waals surface area (Å²) < 4.78 is 45.2. The quantitative estimate of drug-likeness (QED) is 0.404. The molecule has 2 aromatic rings. The second kappa shape index (κ2) is 10.7. The van der Waals surface area contributed by atoms with Crippen molar-refractivity contribution in [2.75, 3.05) is 34.5 Å². The Bertz CT molecular complexity index is 1130. The van der Waals surface area contributed by atoms with Crippen molar-refractivity contribution in [1.29, 1.82) is 0 Å². The minimum atomic E-state index is -3.98. The number of rotatable bonds is 9.